The summed E-state index contributed by atoms with van der Waals surface area (Å²) in [5.74, 6) is 0.0254. The van der Waals surface area contributed by atoms with Crippen molar-refractivity contribution < 1.29 is 9.32 Å². The van der Waals surface area contributed by atoms with Gasteiger partial charge in [0.15, 0.2) is 11.5 Å². The van der Waals surface area contributed by atoms with Crippen molar-refractivity contribution in [3.8, 4) is 0 Å². The highest BCUT2D eigenvalue weighted by atomic mass is 16.5. The Labute approximate surface area is 63.5 Å². The monoisotopic (exact) mass is 155 g/mol. The van der Waals surface area contributed by atoms with Crippen LogP contribution >= 0.6 is 0 Å². The minimum Gasteiger partial charge on any atom is -0.364 e. The van der Waals surface area contributed by atoms with E-state index in [2.05, 4.69) is 10.5 Å². The number of amides is 1. The molecule has 0 aliphatic carbocycles. The number of carbonyl (C=O) groups is 1. The molecule has 0 aliphatic rings. The molecule has 0 atom stereocenters. The molecule has 1 heterocycles. The van der Waals surface area contributed by atoms with Crippen LogP contribution in [0.4, 0.5) is 0 Å². The van der Waals surface area contributed by atoms with Crippen molar-refractivity contribution in [1.82, 2.24) is 10.5 Å². The molecule has 0 bridgehead atoms. The molecule has 0 saturated heterocycles. The summed E-state index contributed by atoms with van der Waals surface area (Å²) in [5, 5.41) is 6.30. The van der Waals surface area contributed by atoms with Crippen molar-refractivity contribution in [2.45, 2.75) is 6.54 Å². The zero-order chi connectivity index (χ0) is 8.27. The lowest BCUT2D eigenvalue weighted by atomic mass is 10.3. The predicted molar refractivity (Wildman–Crippen MR) is 37.8 cm³/mol. The summed E-state index contributed by atoms with van der Waals surface area (Å²) in [6.07, 6.45) is 0. The molecule has 1 aromatic rings. The van der Waals surface area contributed by atoms with Crippen LogP contribution in [-0.4, -0.2) is 18.1 Å². The van der Waals surface area contributed by atoms with Crippen LogP contribution in [0.15, 0.2) is 10.6 Å². The van der Waals surface area contributed by atoms with Crippen LogP contribution in [0.1, 0.15) is 16.2 Å². The van der Waals surface area contributed by atoms with Crippen LogP contribution in [0, 0.1) is 0 Å². The first-order chi connectivity index (χ1) is 5.24. The quantitative estimate of drug-likeness (QED) is 0.616. The zero-order valence-electron chi connectivity index (χ0n) is 6.13. The zero-order valence-corrected chi connectivity index (χ0v) is 6.13. The largest absolute Gasteiger partial charge is 0.364 e. The minimum absolute atomic E-state index is 0.162. The fourth-order valence-corrected chi connectivity index (χ4v) is 0.687. The van der Waals surface area contributed by atoms with Gasteiger partial charge in [0.1, 0.15) is 0 Å². The summed E-state index contributed by atoms with van der Waals surface area (Å²) in [5.41, 5.74) is 5.10. The van der Waals surface area contributed by atoms with E-state index in [-0.39, 0.29) is 5.69 Å². The van der Waals surface area contributed by atoms with E-state index < -0.39 is 5.91 Å². The maximum Gasteiger partial charge on any atom is 0.270 e. The summed E-state index contributed by atoms with van der Waals surface area (Å²) < 4.78 is 4.75. The Morgan fingerprint density at radius 1 is 1.91 bits per heavy atom. The molecular weight excluding hydrogens is 146 g/mol. The molecule has 0 aliphatic heterocycles. The van der Waals surface area contributed by atoms with Gasteiger partial charge >= 0.3 is 0 Å². The second kappa shape index (κ2) is 3.16. The number of carbonyl (C=O) groups excluding carboxylic acids is 1. The van der Waals surface area contributed by atoms with Gasteiger partial charge in [-0.25, -0.2) is 0 Å². The van der Waals surface area contributed by atoms with Crippen LogP contribution < -0.4 is 11.1 Å². The number of aromatic nitrogens is 1. The Kier molecular flexibility index (Phi) is 2.22. The topological polar surface area (TPSA) is 81.1 Å². The molecule has 0 saturated carbocycles. The van der Waals surface area contributed by atoms with Gasteiger partial charge in [0.05, 0.1) is 6.54 Å². The molecular formula is C6H9N3O2. The van der Waals surface area contributed by atoms with Crippen LogP contribution in [0.3, 0.4) is 0 Å². The summed E-state index contributed by atoms with van der Waals surface area (Å²) in [6.45, 7) is 0.542. The van der Waals surface area contributed by atoms with Crippen molar-refractivity contribution in [3.05, 3.63) is 17.5 Å². The van der Waals surface area contributed by atoms with Crippen LogP contribution in [0.2, 0.25) is 0 Å². The average molecular weight is 155 g/mol. The second-order valence-corrected chi connectivity index (χ2v) is 2.07. The SMILES string of the molecule is CNCc1cc(C(N)=O)no1. The summed E-state index contributed by atoms with van der Waals surface area (Å²) in [4.78, 5) is 10.5. The van der Waals surface area contributed by atoms with Gasteiger partial charge < -0.3 is 15.6 Å². The lowest BCUT2D eigenvalue weighted by Crippen LogP contribution is -2.11. The van der Waals surface area contributed by atoms with Gasteiger partial charge in [-0.2, -0.15) is 0 Å². The summed E-state index contributed by atoms with van der Waals surface area (Å²) in [7, 11) is 1.77. The highest BCUT2D eigenvalue weighted by molar-refractivity contribution is 5.90. The van der Waals surface area contributed by atoms with Crippen molar-refractivity contribution in [1.29, 1.82) is 0 Å². The molecule has 60 valence electrons. The molecule has 11 heavy (non-hydrogen) atoms. The van der Waals surface area contributed by atoms with Gasteiger partial charge in [-0.1, -0.05) is 5.16 Å². The van der Waals surface area contributed by atoms with Gasteiger partial charge in [0.25, 0.3) is 5.91 Å². The fraction of sp³-hybridized carbons (Fsp3) is 0.333. The standard InChI is InChI=1S/C6H9N3O2/c1-8-3-4-2-5(6(7)10)9-11-4/h2,8H,3H2,1H3,(H2,7,10). The number of hydrogen-bond donors (Lipinski definition) is 2. The molecule has 0 unspecified atom stereocenters. The highest BCUT2D eigenvalue weighted by Gasteiger charge is 2.06. The van der Waals surface area contributed by atoms with Crippen molar-refractivity contribution in [3.63, 3.8) is 0 Å². The fourth-order valence-electron chi connectivity index (χ4n) is 0.687. The van der Waals surface area contributed by atoms with E-state index in [0.29, 0.717) is 12.3 Å². The molecule has 3 N–H and O–H groups in total. The summed E-state index contributed by atoms with van der Waals surface area (Å²) in [6, 6.07) is 1.51. The van der Waals surface area contributed by atoms with E-state index >= 15 is 0 Å². The molecule has 0 spiro atoms. The minimum atomic E-state index is -0.573. The van der Waals surface area contributed by atoms with Gasteiger partial charge in [0.2, 0.25) is 0 Å². The lowest BCUT2D eigenvalue weighted by molar-refractivity contribution is 0.0991. The smallest absolute Gasteiger partial charge is 0.270 e. The van der Waals surface area contributed by atoms with E-state index in [1.165, 1.54) is 6.07 Å². The van der Waals surface area contributed by atoms with E-state index in [0.717, 1.165) is 0 Å². The third-order valence-electron chi connectivity index (χ3n) is 1.16. The van der Waals surface area contributed by atoms with Crippen molar-refractivity contribution in [2.75, 3.05) is 7.05 Å². The van der Waals surface area contributed by atoms with Gasteiger partial charge in [-0.15, -0.1) is 0 Å². The first kappa shape index (κ1) is 7.74. The first-order valence-electron chi connectivity index (χ1n) is 3.14. The van der Waals surface area contributed by atoms with Crippen LogP contribution in [0.5, 0.6) is 0 Å². The second-order valence-electron chi connectivity index (χ2n) is 2.07. The number of primary amides is 1. The Morgan fingerprint density at radius 3 is 3.09 bits per heavy atom. The van der Waals surface area contributed by atoms with Crippen LogP contribution in [-0.2, 0) is 6.54 Å². The average Bonchev–Trinajstić information content (AvgIpc) is 2.37. The van der Waals surface area contributed by atoms with Gasteiger partial charge in [-0.05, 0) is 7.05 Å². The maximum absolute atomic E-state index is 10.5. The van der Waals surface area contributed by atoms with E-state index in [1.807, 2.05) is 0 Å². The van der Waals surface area contributed by atoms with Gasteiger partial charge in [0, 0.05) is 6.07 Å². The molecule has 0 aromatic carbocycles. The first-order valence-corrected chi connectivity index (χ1v) is 3.14. The Hall–Kier alpha value is -1.36. The number of nitrogens with zero attached hydrogens (tertiary/aromatic N) is 1. The number of hydrogen-bond acceptors (Lipinski definition) is 4. The maximum atomic E-state index is 10.5. The number of rotatable bonds is 3. The molecule has 1 amide bonds. The third kappa shape index (κ3) is 1.78. The van der Waals surface area contributed by atoms with Crippen molar-refractivity contribution in [2.24, 2.45) is 5.73 Å². The Morgan fingerprint density at radius 2 is 2.64 bits per heavy atom. The van der Waals surface area contributed by atoms with Crippen molar-refractivity contribution >= 4 is 5.91 Å². The molecule has 5 nitrogen and oxygen atoms in total. The molecule has 5 heteroatoms. The Bertz CT molecular complexity index is 256. The normalized spacial score (nSPS) is 9.91. The van der Waals surface area contributed by atoms with E-state index in [4.69, 9.17) is 10.3 Å². The Balaban J connectivity index is 2.73. The van der Waals surface area contributed by atoms with E-state index in [1.54, 1.807) is 7.05 Å². The molecule has 0 radical (unpaired) electrons. The molecule has 0 fully saturated rings. The summed E-state index contributed by atoms with van der Waals surface area (Å²) >= 11 is 0. The molecule has 1 aromatic heterocycles. The van der Waals surface area contributed by atoms with Gasteiger partial charge in [-0.3, -0.25) is 4.79 Å². The predicted octanol–water partition coefficient (Wildman–Crippen LogP) is -0.507. The third-order valence-corrected chi connectivity index (χ3v) is 1.16. The van der Waals surface area contributed by atoms with Crippen LogP contribution in [0.25, 0.3) is 0 Å². The van der Waals surface area contributed by atoms with E-state index in [9.17, 15) is 4.79 Å². The highest BCUT2D eigenvalue weighted by Crippen LogP contribution is 2.01. The number of nitrogens with two attached hydrogens (primary N) is 1. The molecule has 1 rings (SSSR count). The lowest BCUT2D eigenvalue weighted by Gasteiger charge is -1.87. The number of nitrogens with one attached hydrogen (secondary N) is 1.